The van der Waals surface area contributed by atoms with E-state index in [-0.39, 0.29) is 12.5 Å². The van der Waals surface area contributed by atoms with Crippen LogP contribution < -0.4 is 0 Å². The van der Waals surface area contributed by atoms with Crippen LogP contribution in [0, 0.1) is 0 Å². The SMILES string of the molecule is CC(C)c1ccc(CO)cc1S(C)(=O)=O. The molecule has 0 aliphatic carbocycles. The summed E-state index contributed by atoms with van der Waals surface area (Å²) in [5.74, 6) is 0.155. The van der Waals surface area contributed by atoms with Crippen molar-refractivity contribution in [1.82, 2.24) is 0 Å². The van der Waals surface area contributed by atoms with Crippen LogP contribution in [0.3, 0.4) is 0 Å². The van der Waals surface area contributed by atoms with E-state index in [4.69, 9.17) is 5.11 Å². The average molecular weight is 228 g/mol. The highest BCUT2D eigenvalue weighted by atomic mass is 32.2. The fourth-order valence-electron chi connectivity index (χ4n) is 1.48. The van der Waals surface area contributed by atoms with Gasteiger partial charge in [0.15, 0.2) is 9.84 Å². The van der Waals surface area contributed by atoms with Crippen LogP contribution in [-0.2, 0) is 16.4 Å². The van der Waals surface area contributed by atoms with Gasteiger partial charge in [-0.05, 0) is 23.1 Å². The van der Waals surface area contributed by atoms with Gasteiger partial charge in [0.1, 0.15) is 0 Å². The summed E-state index contributed by atoms with van der Waals surface area (Å²) in [6.07, 6.45) is 1.19. The van der Waals surface area contributed by atoms with Gasteiger partial charge in [0.25, 0.3) is 0 Å². The quantitative estimate of drug-likeness (QED) is 0.856. The first-order valence-electron chi connectivity index (χ1n) is 4.80. The highest BCUT2D eigenvalue weighted by molar-refractivity contribution is 7.90. The summed E-state index contributed by atoms with van der Waals surface area (Å²) in [5.41, 5.74) is 1.43. The molecule has 1 aromatic carbocycles. The first-order chi connectivity index (χ1) is 6.86. The van der Waals surface area contributed by atoms with Crippen molar-refractivity contribution in [1.29, 1.82) is 0 Å². The van der Waals surface area contributed by atoms with Crippen molar-refractivity contribution in [3.8, 4) is 0 Å². The van der Waals surface area contributed by atoms with E-state index in [1.165, 1.54) is 6.26 Å². The Bertz CT molecular complexity index is 447. The molecule has 0 radical (unpaired) electrons. The van der Waals surface area contributed by atoms with Gasteiger partial charge in [-0.1, -0.05) is 26.0 Å². The van der Waals surface area contributed by atoms with Gasteiger partial charge in [-0.25, -0.2) is 8.42 Å². The van der Waals surface area contributed by atoms with Gasteiger partial charge in [-0.15, -0.1) is 0 Å². The third-order valence-corrected chi connectivity index (χ3v) is 3.43. The first-order valence-corrected chi connectivity index (χ1v) is 6.69. The Kier molecular flexibility index (Phi) is 3.52. The Balaban J connectivity index is 3.43. The largest absolute Gasteiger partial charge is 0.392 e. The molecular weight excluding hydrogens is 212 g/mol. The van der Waals surface area contributed by atoms with E-state index in [0.29, 0.717) is 10.5 Å². The van der Waals surface area contributed by atoms with Gasteiger partial charge in [-0.2, -0.15) is 0 Å². The molecule has 0 spiro atoms. The number of hydrogen-bond donors (Lipinski definition) is 1. The highest BCUT2D eigenvalue weighted by Crippen LogP contribution is 2.24. The number of aliphatic hydroxyl groups is 1. The lowest BCUT2D eigenvalue weighted by Gasteiger charge is -2.12. The second-order valence-electron chi connectivity index (χ2n) is 3.96. The lowest BCUT2D eigenvalue weighted by Crippen LogP contribution is -2.05. The van der Waals surface area contributed by atoms with Crippen LogP contribution in [-0.4, -0.2) is 19.8 Å². The van der Waals surface area contributed by atoms with Crippen LogP contribution in [0.4, 0.5) is 0 Å². The molecule has 1 rings (SSSR count). The van der Waals surface area contributed by atoms with E-state index in [9.17, 15) is 8.42 Å². The maximum atomic E-state index is 11.5. The maximum absolute atomic E-state index is 11.5. The summed E-state index contributed by atoms with van der Waals surface area (Å²) < 4.78 is 23.1. The van der Waals surface area contributed by atoms with Crippen LogP contribution in [0.15, 0.2) is 23.1 Å². The van der Waals surface area contributed by atoms with Crippen molar-refractivity contribution in [3.63, 3.8) is 0 Å². The lowest BCUT2D eigenvalue weighted by molar-refractivity contribution is 0.281. The monoisotopic (exact) mass is 228 g/mol. The van der Waals surface area contributed by atoms with E-state index in [2.05, 4.69) is 0 Å². The summed E-state index contributed by atoms with van der Waals surface area (Å²) in [5, 5.41) is 8.96. The second-order valence-corrected chi connectivity index (χ2v) is 5.94. The molecule has 0 heterocycles. The first kappa shape index (κ1) is 12.2. The van der Waals surface area contributed by atoms with Crippen LogP contribution >= 0.6 is 0 Å². The lowest BCUT2D eigenvalue weighted by atomic mass is 10.0. The van der Waals surface area contributed by atoms with Crippen LogP contribution in [0.25, 0.3) is 0 Å². The molecular formula is C11H16O3S. The standard InChI is InChI=1S/C11H16O3S/c1-8(2)10-5-4-9(7-12)6-11(10)15(3,13)14/h4-6,8,12H,7H2,1-3H3. The van der Waals surface area contributed by atoms with Gasteiger partial charge < -0.3 is 5.11 Å². The van der Waals surface area contributed by atoms with Gasteiger partial charge in [-0.3, -0.25) is 0 Å². The molecule has 0 aromatic heterocycles. The van der Waals surface area contributed by atoms with Crippen molar-refractivity contribution in [2.75, 3.05) is 6.26 Å². The van der Waals surface area contributed by atoms with E-state index < -0.39 is 9.84 Å². The molecule has 3 nitrogen and oxygen atoms in total. The summed E-state index contributed by atoms with van der Waals surface area (Å²) >= 11 is 0. The number of rotatable bonds is 3. The molecule has 0 amide bonds. The van der Waals surface area contributed by atoms with Crippen molar-refractivity contribution in [2.24, 2.45) is 0 Å². The average Bonchev–Trinajstić information content (AvgIpc) is 2.15. The third kappa shape index (κ3) is 2.79. The Morgan fingerprint density at radius 3 is 2.33 bits per heavy atom. The summed E-state index contributed by atoms with van der Waals surface area (Å²) in [6, 6.07) is 5.07. The molecule has 1 N–H and O–H groups in total. The molecule has 4 heteroatoms. The van der Waals surface area contributed by atoms with Crippen LogP contribution in [0.5, 0.6) is 0 Å². The van der Waals surface area contributed by atoms with Crippen molar-refractivity contribution >= 4 is 9.84 Å². The molecule has 0 saturated carbocycles. The van der Waals surface area contributed by atoms with Crippen molar-refractivity contribution in [2.45, 2.75) is 31.3 Å². The van der Waals surface area contributed by atoms with Crippen LogP contribution in [0.2, 0.25) is 0 Å². The van der Waals surface area contributed by atoms with Gasteiger partial charge in [0, 0.05) is 6.26 Å². The molecule has 0 fully saturated rings. The zero-order chi connectivity index (χ0) is 11.6. The Hall–Kier alpha value is -0.870. The van der Waals surface area contributed by atoms with Crippen LogP contribution in [0.1, 0.15) is 30.9 Å². The molecule has 0 aliphatic heterocycles. The van der Waals surface area contributed by atoms with E-state index in [1.807, 2.05) is 13.8 Å². The minimum Gasteiger partial charge on any atom is -0.392 e. The van der Waals surface area contributed by atoms with Gasteiger partial charge in [0.2, 0.25) is 0 Å². The molecule has 0 saturated heterocycles. The molecule has 0 aliphatic rings. The fourth-order valence-corrected chi connectivity index (χ4v) is 2.57. The minimum absolute atomic E-state index is 0.138. The molecule has 0 unspecified atom stereocenters. The molecule has 0 atom stereocenters. The molecule has 0 bridgehead atoms. The highest BCUT2D eigenvalue weighted by Gasteiger charge is 2.15. The number of benzene rings is 1. The van der Waals surface area contributed by atoms with E-state index in [0.717, 1.165) is 5.56 Å². The van der Waals surface area contributed by atoms with Gasteiger partial charge in [0.05, 0.1) is 11.5 Å². The smallest absolute Gasteiger partial charge is 0.175 e. The second kappa shape index (κ2) is 4.33. The van der Waals surface area contributed by atoms with Gasteiger partial charge >= 0.3 is 0 Å². The summed E-state index contributed by atoms with van der Waals surface area (Å²) in [7, 11) is -3.22. The number of hydrogen-bond acceptors (Lipinski definition) is 3. The normalized spacial score (nSPS) is 12.1. The Morgan fingerprint density at radius 2 is 1.93 bits per heavy atom. The Morgan fingerprint density at radius 1 is 1.33 bits per heavy atom. The molecule has 84 valence electrons. The minimum atomic E-state index is -3.22. The topological polar surface area (TPSA) is 54.4 Å². The summed E-state index contributed by atoms with van der Waals surface area (Å²) in [4.78, 5) is 0.323. The van der Waals surface area contributed by atoms with E-state index in [1.54, 1.807) is 18.2 Å². The fraction of sp³-hybridized carbons (Fsp3) is 0.455. The summed E-state index contributed by atoms with van der Waals surface area (Å²) in [6.45, 7) is 3.76. The number of sulfone groups is 1. The predicted octanol–water partition coefficient (Wildman–Crippen LogP) is 1.71. The zero-order valence-corrected chi connectivity index (χ0v) is 10.0. The van der Waals surface area contributed by atoms with Crippen molar-refractivity contribution in [3.05, 3.63) is 29.3 Å². The zero-order valence-electron chi connectivity index (χ0n) is 9.19. The van der Waals surface area contributed by atoms with Crippen molar-refractivity contribution < 1.29 is 13.5 Å². The number of aliphatic hydroxyl groups excluding tert-OH is 1. The Labute approximate surface area is 90.7 Å². The predicted molar refractivity (Wildman–Crippen MR) is 59.6 cm³/mol. The molecule has 1 aromatic rings. The third-order valence-electron chi connectivity index (χ3n) is 2.28. The van der Waals surface area contributed by atoms with E-state index >= 15 is 0 Å². The molecule has 15 heavy (non-hydrogen) atoms. The maximum Gasteiger partial charge on any atom is 0.175 e.